The van der Waals surface area contributed by atoms with Gasteiger partial charge < -0.3 is 10.6 Å². The van der Waals surface area contributed by atoms with Crippen molar-refractivity contribution in [2.75, 3.05) is 13.1 Å². The Morgan fingerprint density at radius 3 is 1.35 bits per heavy atom. The summed E-state index contributed by atoms with van der Waals surface area (Å²) in [5.41, 5.74) is 0.554. The summed E-state index contributed by atoms with van der Waals surface area (Å²) in [7, 11) is 0. The first-order chi connectivity index (χ1) is 9.01. The Morgan fingerprint density at radius 2 is 1.10 bits per heavy atom. The van der Waals surface area contributed by atoms with Gasteiger partial charge in [0.25, 0.3) is 0 Å². The summed E-state index contributed by atoms with van der Waals surface area (Å²) in [4.78, 5) is 24.2. The fourth-order valence-corrected chi connectivity index (χ4v) is 1.54. The van der Waals surface area contributed by atoms with E-state index < -0.39 is 10.8 Å². The van der Waals surface area contributed by atoms with Gasteiger partial charge in [0.15, 0.2) is 11.6 Å². The Bertz CT molecular complexity index is 416. The number of hydrogen-bond acceptors (Lipinski definition) is 4. The summed E-state index contributed by atoms with van der Waals surface area (Å²) in [6, 6.07) is 0. The summed E-state index contributed by atoms with van der Waals surface area (Å²) in [5.74, 6) is 0.0793. The zero-order valence-corrected chi connectivity index (χ0v) is 13.4. The second kappa shape index (κ2) is 5.81. The predicted octanol–water partition coefficient (Wildman–Crippen LogP) is 2.18. The second-order valence-corrected chi connectivity index (χ2v) is 7.20. The number of nitrogens with one attached hydrogen (secondary N) is 2. The third-order valence-electron chi connectivity index (χ3n) is 3.08. The smallest absolute Gasteiger partial charge is 0.163 e. The predicted molar refractivity (Wildman–Crippen MR) is 81.1 cm³/mol. The minimum Gasteiger partial charge on any atom is -0.382 e. The maximum Gasteiger partial charge on any atom is 0.163 e. The Kier molecular flexibility index (Phi) is 4.79. The number of carbonyl (C=O) groups is 2. The normalized spacial score (nSPS) is 20.5. The van der Waals surface area contributed by atoms with E-state index in [4.69, 9.17) is 0 Å². The molecule has 0 bridgehead atoms. The van der Waals surface area contributed by atoms with Crippen LogP contribution in [0, 0.1) is 10.8 Å². The molecule has 1 fully saturated rings. The standard InChI is InChI=1S/C16H26N2O2/c1-15(2,3)13(19)9-11-12(18-8-7-17-11)10-14(20)16(4,5)6/h9-10,17-18H,7-8H2,1-6H3/b11-9-,12-10-. The molecule has 2 N–H and O–H groups in total. The average molecular weight is 278 g/mol. The van der Waals surface area contributed by atoms with E-state index in [9.17, 15) is 9.59 Å². The molecule has 0 spiro atoms. The minimum absolute atomic E-state index is 0.0396. The molecule has 1 heterocycles. The lowest BCUT2D eigenvalue weighted by molar-refractivity contribution is -0.122. The van der Waals surface area contributed by atoms with Crippen LogP contribution in [-0.2, 0) is 9.59 Å². The highest BCUT2D eigenvalue weighted by Gasteiger charge is 2.24. The summed E-state index contributed by atoms with van der Waals surface area (Å²) in [6.07, 6.45) is 3.18. The molecule has 0 aromatic rings. The molecule has 0 aromatic carbocycles. The van der Waals surface area contributed by atoms with Crippen LogP contribution in [0.4, 0.5) is 0 Å². The molecule has 1 aliphatic rings. The first-order valence-corrected chi connectivity index (χ1v) is 7.02. The third kappa shape index (κ3) is 4.51. The van der Waals surface area contributed by atoms with Crippen LogP contribution in [0.5, 0.6) is 0 Å². The second-order valence-electron chi connectivity index (χ2n) is 7.20. The molecule has 20 heavy (non-hydrogen) atoms. The first kappa shape index (κ1) is 16.5. The highest BCUT2D eigenvalue weighted by atomic mass is 16.1. The summed E-state index contributed by atoms with van der Waals surface area (Å²) in [6.45, 7) is 12.8. The molecule has 4 heteroatoms. The molecular weight excluding hydrogens is 252 g/mol. The van der Waals surface area contributed by atoms with Crippen molar-refractivity contribution in [3.8, 4) is 0 Å². The molecule has 0 aliphatic carbocycles. The molecular formula is C16H26N2O2. The van der Waals surface area contributed by atoms with Gasteiger partial charge in [0.2, 0.25) is 0 Å². The lowest BCUT2D eigenvalue weighted by Gasteiger charge is -2.25. The number of hydrogen-bond donors (Lipinski definition) is 2. The Balaban J connectivity index is 3.05. The fraction of sp³-hybridized carbons (Fsp3) is 0.625. The van der Waals surface area contributed by atoms with Crippen molar-refractivity contribution in [3.05, 3.63) is 23.5 Å². The van der Waals surface area contributed by atoms with Gasteiger partial charge >= 0.3 is 0 Å². The van der Waals surface area contributed by atoms with Crippen LogP contribution in [0.2, 0.25) is 0 Å². The van der Waals surface area contributed by atoms with E-state index >= 15 is 0 Å². The Morgan fingerprint density at radius 1 is 0.800 bits per heavy atom. The molecule has 1 aliphatic heterocycles. The first-order valence-electron chi connectivity index (χ1n) is 7.02. The largest absolute Gasteiger partial charge is 0.382 e. The SMILES string of the molecule is CC(C)(C)C(=O)/C=C1\NCCN\C1=C/C(=O)C(C)(C)C. The van der Waals surface area contributed by atoms with Gasteiger partial charge in [0.05, 0.1) is 11.4 Å². The van der Waals surface area contributed by atoms with E-state index in [2.05, 4.69) is 10.6 Å². The monoisotopic (exact) mass is 278 g/mol. The number of piperazine rings is 1. The lowest BCUT2D eigenvalue weighted by Crippen LogP contribution is -2.38. The quantitative estimate of drug-likeness (QED) is 0.760. The van der Waals surface area contributed by atoms with E-state index in [1.54, 1.807) is 12.2 Å². The van der Waals surface area contributed by atoms with Crippen LogP contribution in [0.15, 0.2) is 23.5 Å². The molecule has 0 amide bonds. The summed E-state index contributed by atoms with van der Waals surface area (Å²) >= 11 is 0. The molecule has 0 aromatic heterocycles. The van der Waals surface area contributed by atoms with Crippen LogP contribution in [-0.4, -0.2) is 24.7 Å². The van der Waals surface area contributed by atoms with Crippen molar-refractivity contribution < 1.29 is 9.59 Å². The van der Waals surface area contributed by atoms with E-state index in [1.165, 1.54) is 0 Å². The maximum absolute atomic E-state index is 12.1. The topological polar surface area (TPSA) is 58.2 Å². The van der Waals surface area contributed by atoms with Gasteiger partial charge in [-0.25, -0.2) is 0 Å². The van der Waals surface area contributed by atoms with Gasteiger partial charge in [-0.2, -0.15) is 0 Å². The van der Waals surface area contributed by atoms with Gasteiger partial charge in [-0.05, 0) is 0 Å². The number of allylic oxidation sites excluding steroid dienone is 2. The Hall–Kier alpha value is -1.58. The van der Waals surface area contributed by atoms with Gasteiger partial charge in [0.1, 0.15) is 0 Å². The van der Waals surface area contributed by atoms with Crippen LogP contribution < -0.4 is 10.6 Å². The van der Waals surface area contributed by atoms with Crippen molar-refractivity contribution in [1.29, 1.82) is 0 Å². The van der Waals surface area contributed by atoms with Crippen molar-refractivity contribution in [2.24, 2.45) is 10.8 Å². The molecule has 0 saturated carbocycles. The van der Waals surface area contributed by atoms with E-state index in [-0.39, 0.29) is 11.6 Å². The lowest BCUT2D eigenvalue weighted by atomic mass is 9.88. The number of carbonyl (C=O) groups excluding carboxylic acids is 2. The van der Waals surface area contributed by atoms with Crippen LogP contribution in [0.3, 0.4) is 0 Å². The number of rotatable bonds is 2. The molecule has 4 nitrogen and oxygen atoms in total. The molecule has 0 unspecified atom stereocenters. The zero-order valence-electron chi connectivity index (χ0n) is 13.4. The van der Waals surface area contributed by atoms with Gasteiger partial charge in [0, 0.05) is 36.1 Å². The summed E-state index contributed by atoms with van der Waals surface area (Å²) in [5, 5.41) is 6.37. The third-order valence-corrected chi connectivity index (χ3v) is 3.08. The zero-order chi connectivity index (χ0) is 15.6. The van der Waals surface area contributed by atoms with Crippen LogP contribution >= 0.6 is 0 Å². The van der Waals surface area contributed by atoms with Gasteiger partial charge in [-0.3, -0.25) is 9.59 Å². The van der Waals surface area contributed by atoms with Crippen molar-refractivity contribution in [2.45, 2.75) is 41.5 Å². The Labute approximate surface area is 121 Å². The van der Waals surface area contributed by atoms with E-state index in [0.717, 1.165) is 13.1 Å². The molecule has 0 radical (unpaired) electrons. The minimum atomic E-state index is -0.425. The van der Waals surface area contributed by atoms with Gasteiger partial charge in [-0.15, -0.1) is 0 Å². The van der Waals surface area contributed by atoms with Crippen LogP contribution in [0.25, 0.3) is 0 Å². The van der Waals surface area contributed by atoms with E-state index in [0.29, 0.717) is 11.4 Å². The molecule has 112 valence electrons. The molecule has 0 atom stereocenters. The average Bonchev–Trinajstić information content (AvgIpc) is 2.29. The van der Waals surface area contributed by atoms with Gasteiger partial charge in [-0.1, -0.05) is 41.5 Å². The van der Waals surface area contributed by atoms with Crippen molar-refractivity contribution >= 4 is 11.6 Å². The van der Waals surface area contributed by atoms with Crippen molar-refractivity contribution in [3.63, 3.8) is 0 Å². The molecule has 1 rings (SSSR count). The fourth-order valence-electron chi connectivity index (χ4n) is 1.54. The summed E-state index contributed by atoms with van der Waals surface area (Å²) < 4.78 is 0. The van der Waals surface area contributed by atoms with Crippen LogP contribution in [0.1, 0.15) is 41.5 Å². The van der Waals surface area contributed by atoms with Crippen molar-refractivity contribution in [1.82, 2.24) is 10.6 Å². The van der Waals surface area contributed by atoms with E-state index in [1.807, 2.05) is 41.5 Å². The number of ketones is 2. The maximum atomic E-state index is 12.1. The molecule has 1 saturated heterocycles. The highest BCUT2D eigenvalue weighted by Crippen LogP contribution is 2.20. The highest BCUT2D eigenvalue weighted by molar-refractivity contribution is 5.97.